The van der Waals surface area contributed by atoms with Crippen LogP contribution in [-0.4, -0.2) is 61.3 Å². The molecule has 7 nitrogen and oxygen atoms in total. The number of nitrogens with one attached hydrogen (secondary N) is 2. The van der Waals surface area contributed by atoms with Crippen molar-refractivity contribution in [3.63, 3.8) is 0 Å². The van der Waals surface area contributed by atoms with Crippen molar-refractivity contribution in [2.24, 2.45) is 5.73 Å². The van der Waals surface area contributed by atoms with Crippen LogP contribution in [0.5, 0.6) is 0 Å². The van der Waals surface area contributed by atoms with Crippen LogP contribution in [0.15, 0.2) is 0 Å². The van der Waals surface area contributed by atoms with Gasteiger partial charge in [-0.05, 0) is 31.2 Å². The minimum Gasteiger partial charge on any atom is -0.391 e. The molecule has 0 saturated carbocycles. The third-order valence-corrected chi connectivity index (χ3v) is 6.07. The van der Waals surface area contributed by atoms with E-state index in [9.17, 15) is 9.59 Å². The molecule has 1 aromatic rings. The van der Waals surface area contributed by atoms with Gasteiger partial charge in [0.25, 0.3) is 5.91 Å². The Balaban J connectivity index is 1.69. The molecule has 1 fully saturated rings. The van der Waals surface area contributed by atoms with Crippen LogP contribution in [0.4, 0.5) is 9.80 Å². The summed E-state index contributed by atoms with van der Waals surface area (Å²) < 4.78 is 0. The Morgan fingerprint density at radius 1 is 1.25 bits per heavy atom. The van der Waals surface area contributed by atoms with Gasteiger partial charge in [0.05, 0.1) is 38.3 Å². The Hall–Kier alpha value is -1.64. The fourth-order valence-electron chi connectivity index (χ4n) is 3.52. The number of urea groups is 1. The minimum absolute atomic E-state index is 0.167. The maximum Gasteiger partial charge on any atom is 0.322 e. The Morgan fingerprint density at radius 3 is 2.62 bits per heavy atom. The first-order valence-electron chi connectivity index (χ1n) is 8.55. The third kappa shape index (κ3) is 3.55. The van der Waals surface area contributed by atoms with Gasteiger partial charge in [0.15, 0.2) is 0 Å². The summed E-state index contributed by atoms with van der Waals surface area (Å²) in [7, 11) is 0. The molecule has 5 N–H and O–H groups in total. The molecule has 1 aromatic heterocycles. The standard InChI is InChI=1S/C16H24N4O3S/c17-14(22)13-11-3-1-2-4-12(11)24-15(13)18-16(23)20-7-5-19(6-8-20)9-10-21/h21H,1-10H2,(H2,17,22)(H,18,23)/p+1. The first-order valence-corrected chi connectivity index (χ1v) is 9.36. The van der Waals surface area contributed by atoms with Crippen molar-refractivity contribution in [2.45, 2.75) is 25.7 Å². The SMILES string of the molecule is NC(=O)c1c(NC(=O)N2CC[NH+](CCO)CC2)sc2c1CCCC2. The zero-order chi connectivity index (χ0) is 17.1. The molecule has 0 bridgehead atoms. The van der Waals surface area contributed by atoms with Gasteiger partial charge in [0.1, 0.15) is 11.5 Å². The third-order valence-electron chi connectivity index (χ3n) is 4.86. The average Bonchev–Trinajstić information content (AvgIpc) is 2.93. The van der Waals surface area contributed by atoms with Crippen LogP contribution in [-0.2, 0) is 12.8 Å². The van der Waals surface area contributed by atoms with E-state index in [4.69, 9.17) is 10.8 Å². The number of aliphatic hydroxyl groups excluding tert-OH is 1. The summed E-state index contributed by atoms with van der Waals surface area (Å²) in [6.45, 7) is 3.86. The largest absolute Gasteiger partial charge is 0.391 e. The van der Waals surface area contributed by atoms with E-state index in [0.717, 1.165) is 50.9 Å². The van der Waals surface area contributed by atoms with E-state index >= 15 is 0 Å². The number of fused-ring (bicyclic) bond motifs is 1. The lowest BCUT2D eigenvalue weighted by Crippen LogP contribution is -3.15. The number of carbonyl (C=O) groups is 2. The highest BCUT2D eigenvalue weighted by atomic mass is 32.1. The second-order valence-electron chi connectivity index (χ2n) is 6.42. The number of thiophene rings is 1. The maximum absolute atomic E-state index is 12.5. The summed E-state index contributed by atoms with van der Waals surface area (Å²) in [5, 5.41) is 12.5. The smallest absolute Gasteiger partial charge is 0.322 e. The van der Waals surface area contributed by atoms with Crippen LogP contribution in [0.25, 0.3) is 0 Å². The molecule has 3 amide bonds. The van der Waals surface area contributed by atoms with E-state index in [2.05, 4.69) is 5.32 Å². The Bertz CT molecular complexity index is 623. The molecule has 1 aliphatic carbocycles. The fourth-order valence-corrected chi connectivity index (χ4v) is 4.81. The molecule has 1 aliphatic heterocycles. The zero-order valence-corrected chi connectivity index (χ0v) is 14.6. The molecule has 0 aromatic carbocycles. The Kier molecular flexibility index (Phi) is 5.37. The van der Waals surface area contributed by atoms with Crippen molar-refractivity contribution in [2.75, 3.05) is 44.6 Å². The number of aliphatic hydroxyl groups is 1. The van der Waals surface area contributed by atoms with Gasteiger partial charge in [0.2, 0.25) is 0 Å². The van der Waals surface area contributed by atoms with Crippen molar-refractivity contribution in [3.8, 4) is 0 Å². The topological polar surface area (TPSA) is 100 Å². The predicted octanol–water partition coefficient (Wildman–Crippen LogP) is -0.549. The van der Waals surface area contributed by atoms with Gasteiger partial charge < -0.3 is 20.6 Å². The lowest BCUT2D eigenvalue weighted by Gasteiger charge is -2.31. The lowest BCUT2D eigenvalue weighted by atomic mass is 9.95. The van der Waals surface area contributed by atoms with Gasteiger partial charge in [0, 0.05) is 4.88 Å². The molecule has 0 unspecified atom stereocenters. The first kappa shape index (κ1) is 17.2. The summed E-state index contributed by atoms with van der Waals surface area (Å²) in [6, 6.07) is -0.167. The van der Waals surface area contributed by atoms with Gasteiger partial charge in [-0.2, -0.15) is 0 Å². The van der Waals surface area contributed by atoms with Crippen LogP contribution >= 0.6 is 11.3 Å². The van der Waals surface area contributed by atoms with E-state index in [1.165, 1.54) is 21.1 Å². The number of piperazine rings is 1. The molecule has 3 rings (SSSR count). The first-order chi connectivity index (χ1) is 11.6. The highest BCUT2D eigenvalue weighted by Gasteiger charge is 2.28. The second kappa shape index (κ2) is 7.50. The van der Waals surface area contributed by atoms with E-state index in [1.807, 2.05) is 0 Å². The molecule has 2 heterocycles. The molecule has 24 heavy (non-hydrogen) atoms. The molecular formula is C16H25N4O3S+. The van der Waals surface area contributed by atoms with Gasteiger partial charge in [-0.3, -0.25) is 10.1 Å². The quantitative estimate of drug-likeness (QED) is 0.584. The van der Waals surface area contributed by atoms with E-state index in [0.29, 0.717) is 23.7 Å². The average molecular weight is 353 g/mol. The van der Waals surface area contributed by atoms with Gasteiger partial charge in [-0.15, -0.1) is 11.3 Å². The predicted molar refractivity (Wildman–Crippen MR) is 92.7 cm³/mol. The number of amides is 3. The number of rotatable bonds is 4. The molecule has 0 atom stereocenters. The second-order valence-corrected chi connectivity index (χ2v) is 7.53. The molecule has 2 aliphatic rings. The van der Waals surface area contributed by atoms with E-state index in [-0.39, 0.29) is 12.6 Å². The molecule has 0 radical (unpaired) electrons. The molecular weight excluding hydrogens is 328 g/mol. The normalized spacial score (nSPS) is 18.3. The fraction of sp³-hybridized carbons (Fsp3) is 0.625. The van der Waals surface area contributed by atoms with Crippen molar-refractivity contribution in [1.82, 2.24) is 4.90 Å². The molecule has 0 spiro atoms. The summed E-state index contributed by atoms with van der Waals surface area (Å²) in [6.07, 6.45) is 4.00. The number of quaternary nitrogens is 1. The Morgan fingerprint density at radius 2 is 1.96 bits per heavy atom. The van der Waals surface area contributed by atoms with Crippen molar-refractivity contribution in [1.29, 1.82) is 0 Å². The van der Waals surface area contributed by atoms with Crippen molar-refractivity contribution >= 4 is 28.3 Å². The van der Waals surface area contributed by atoms with Crippen LogP contribution < -0.4 is 16.0 Å². The molecule has 8 heteroatoms. The van der Waals surface area contributed by atoms with Crippen LogP contribution in [0.1, 0.15) is 33.6 Å². The number of hydrogen-bond acceptors (Lipinski definition) is 4. The Labute approximate surface area is 145 Å². The minimum atomic E-state index is -0.457. The monoisotopic (exact) mass is 353 g/mol. The summed E-state index contributed by atoms with van der Waals surface area (Å²) in [5.74, 6) is -0.457. The lowest BCUT2D eigenvalue weighted by molar-refractivity contribution is -0.904. The number of carbonyl (C=O) groups excluding carboxylic acids is 2. The maximum atomic E-state index is 12.5. The summed E-state index contributed by atoms with van der Waals surface area (Å²) >= 11 is 1.49. The zero-order valence-electron chi connectivity index (χ0n) is 13.8. The van der Waals surface area contributed by atoms with Crippen LogP contribution in [0.3, 0.4) is 0 Å². The number of nitrogens with two attached hydrogens (primary N) is 1. The number of anilines is 1. The van der Waals surface area contributed by atoms with E-state index < -0.39 is 5.91 Å². The summed E-state index contributed by atoms with van der Waals surface area (Å²) in [4.78, 5) is 28.7. The molecule has 132 valence electrons. The summed E-state index contributed by atoms with van der Waals surface area (Å²) in [5.41, 5.74) is 7.11. The number of primary amides is 1. The highest BCUT2D eigenvalue weighted by molar-refractivity contribution is 7.17. The number of hydrogen-bond donors (Lipinski definition) is 4. The van der Waals surface area contributed by atoms with Crippen molar-refractivity contribution < 1.29 is 19.6 Å². The van der Waals surface area contributed by atoms with Crippen molar-refractivity contribution in [3.05, 3.63) is 16.0 Å². The van der Waals surface area contributed by atoms with Gasteiger partial charge in [-0.25, -0.2) is 4.79 Å². The van der Waals surface area contributed by atoms with Gasteiger partial charge >= 0.3 is 6.03 Å². The number of nitrogens with zero attached hydrogens (tertiary/aromatic N) is 1. The van der Waals surface area contributed by atoms with Gasteiger partial charge in [-0.1, -0.05) is 0 Å². The highest BCUT2D eigenvalue weighted by Crippen LogP contribution is 2.37. The van der Waals surface area contributed by atoms with Crippen LogP contribution in [0, 0.1) is 0 Å². The van der Waals surface area contributed by atoms with E-state index in [1.54, 1.807) is 4.90 Å². The van der Waals surface area contributed by atoms with Crippen LogP contribution in [0.2, 0.25) is 0 Å². The number of aryl methyl sites for hydroxylation is 1. The molecule has 1 saturated heterocycles.